The first-order valence-corrected chi connectivity index (χ1v) is 3.88. The lowest BCUT2D eigenvalue weighted by Crippen LogP contribution is -2.30. The lowest BCUT2D eigenvalue weighted by molar-refractivity contribution is -0.201. The molecule has 0 radical (unpaired) electrons. The summed E-state index contributed by atoms with van der Waals surface area (Å²) in [5.41, 5.74) is 0.431. The average Bonchev–Trinajstić information content (AvgIpc) is 2.35. The molecule has 2 N–H and O–H groups in total. The highest BCUT2D eigenvalue weighted by atomic mass is 16.5. The second-order valence-corrected chi connectivity index (χ2v) is 3.28. The average molecular weight is 170 g/mol. The highest BCUT2D eigenvalue weighted by Crippen LogP contribution is 2.25. The van der Waals surface area contributed by atoms with E-state index < -0.39 is 5.79 Å². The summed E-state index contributed by atoms with van der Waals surface area (Å²) in [4.78, 5) is 0. The quantitative estimate of drug-likeness (QED) is 0.624. The van der Waals surface area contributed by atoms with Gasteiger partial charge < -0.3 is 10.2 Å². The van der Waals surface area contributed by atoms with Gasteiger partial charge in [-0.15, -0.1) is 0 Å². The minimum Gasteiger partial charge on any atom is -0.362 e. The Morgan fingerprint density at radius 2 is 2.08 bits per heavy atom. The Kier molecular flexibility index (Phi) is 2.21. The molecule has 4 nitrogen and oxygen atoms in total. The molecule has 0 aliphatic heterocycles. The molecule has 0 aromatic carbocycles. The molecule has 0 fully saturated rings. The van der Waals surface area contributed by atoms with E-state index in [9.17, 15) is 10.2 Å². The van der Waals surface area contributed by atoms with E-state index in [1.807, 2.05) is 0 Å². The van der Waals surface area contributed by atoms with E-state index in [4.69, 9.17) is 0 Å². The normalized spacial score (nSPS) is 12.5. The van der Waals surface area contributed by atoms with Gasteiger partial charge in [0.25, 0.3) is 0 Å². The van der Waals surface area contributed by atoms with Crippen LogP contribution in [0.1, 0.15) is 19.4 Å². The van der Waals surface area contributed by atoms with E-state index in [1.54, 1.807) is 31.8 Å². The number of aromatic nitrogens is 2. The monoisotopic (exact) mass is 170 g/mol. The van der Waals surface area contributed by atoms with Crippen LogP contribution in [-0.2, 0) is 12.8 Å². The van der Waals surface area contributed by atoms with Crippen LogP contribution in [-0.4, -0.2) is 20.0 Å². The van der Waals surface area contributed by atoms with Crippen molar-refractivity contribution in [2.24, 2.45) is 13.0 Å². The first-order valence-electron chi connectivity index (χ1n) is 3.88. The Morgan fingerprint density at radius 3 is 2.42 bits per heavy atom. The largest absolute Gasteiger partial charge is 0.362 e. The van der Waals surface area contributed by atoms with Gasteiger partial charge in [0.2, 0.25) is 0 Å². The summed E-state index contributed by atoms with van der Waals surface area (Å²) in [5.74, 6) is -2.02. The zero-order valence-electron chi connectivity index (χ0n) is 7.52. The van der Waals surface area contributed by atoms with Crippen LogP contribution < -0.4 is 0 Å². The van der Waals surface area contributed by atoms with Gasteiger partial charge in [-0.25, -0.2) is 0 Å². The Morgan fingerprint density at radius 1 is 1.50 bits per heavy atom. The van der Waals surface area contributed by atoms with Gasteiger partial charge in [-0.05, 0) is 0 Å². The highest BCUT2D eigenvalue weighted by molar-refractivity contribution is 5.11. The predicted molar refractivity (Wildman–Crippen MR) is 44.2 cm³/mol. The molecule has 0 unspecified atom stereocenters. The van der Waals surface area contributed by atoms with Crippen molar-refractivity contribution < 1.29 is 10.2 Å². The van der Waals surface area contributed by atoms with Gasteiger partial charge in [-0.2, -0.15) is 5.10 Å². The summed E-state index contributed by atoms with van der Waals surface area (Å²) >= 11 is 0. The molecular formula is C8H14N2O2. The summed E-state index contributed by atoms with van der Waals surface area (Å²) in [6.45, 7) is 3.49. The fourth-order valence-corrected chi connectivity index (χ4v) is 0.945. The van der Waals surface area contributed by atoms with E-state index in [2.05, 4.69) is 5.10 Å². The van der Waals surface area contributed by atoms with E-state index in [-0.39, 0.29) is 5.92 Å². The van der Waals surface area contributed by atoms with Crippen molar-refractivity contribution in [3.05, 3.63) is 18.0 Å². The molecule has 4 heteroatoms. The maximum atomic E-state index is 9.58. The van der Waals surface area contributed by atoms with E-state index in [1.165, 1.54) is 6.20 Å². The molecule has 0 bridgehead atoms. The van der Waals surface area contributed by atoms with Gasteiger partial charge in [0.05, 0.1) is 6.20 Å². The van der Waals surface area contributed by atoms with Crippen LogP contribution in [0.25, 0.3) is 0 Å². The topological polar surface area (TPSA) is 58.3 Å². The van der Waals surface area contributed by atoms with E-state index in [0.29, 0.717) is 5.56 Å². The molecule has 1 rings (SSSR count). The summed E-state index contributed by atoms with van der Waals surface area (Å²) in [6.07, 6.45) is 3.06. The van der Waals surface area contributed by atoms with Gasteiger partial charge in [-0.3, -0.25) is 4.68 Å². The number of aryl methyl sites for hydroxylation is 1. The smallest absolute Gasteiger partial charge is 0.195 e. The molecule has 1 aromatic rings. The van der Waals surface area contributed by atoms with Crippen LogP contribution in [0.5, 0.6) is 0 Å². The van der Waals surface area contributed by atoms with Crippen LogP contribution in [0.15, 0.2) is 12.4 Å². The van der Waals surface area contributed by atoms with Crippen LogP contribution in [0.3, 0.4) is 0 Å². The molecule has 12 heavy (non-hydrogen) atoms. The predicted octanol–water partition coefficient (Wildman–Crippen LogP) is 0.213. The number of aliphatic hydroxyl groups is 2. The highest BCUT2D eigenvalue weighted by Gasteiger charge is 2.31. The van der Waals surface area contributed by atoms with Crippen molar-refractivity contribution in [2.45, 2.75) is 19.6 Å². The van der Waals surface area contributed by atoms with Crippen molar-refractivity contribution in [1.82, 2.24) is 9.78 Å². The minimum absolute atomic E-state index is 0.248. The van der Waals surface area contributed by atoms with Crippen molar-refractivity contribution in [1.29, 1.82) is 0 Å². The summed E-state index contributed by atoms with van der Waals surface area (Å²) in [7, 11) is 1.74. The summed E-state index contributed by atoms with van der Waals surface area (Å²) in [5, 5.41) is 23.0. The summed E-state index contributed by atoms with van der Waals surface area (Å²) in [6, 6.07) is 0. The fourth-order valence-electron chi connectivity index (χ4n) is 0.945. The van der Waals surface area contributed by atoms with Gasteiger partial charge in [-0.1, -0.05) is 13.8 Å². The Hall–Kier alpha value is -0.870. The number of hydrogen-bond acceptors (Lipinski definition) is 3. The number of nitrogens with zero attached hydrogens (tertiary/aromatic N) is 2. The molecule has 0 aliphatic carbocycles. The lowest BCUT2D eigenvalue weighted by Gasteiger charge is -2.24. The number of hydrogen-bond donors (Lipinski definition) is 2. The van der Waals surface area contributed by atoms with Crippen LogP contribution >= 0.6 is 0 Å². The lowest BCUT2D eigenvalue weighted by atomic mass is 9.98. The molecule has 0 amide bonds. The maximum Gasteiger partial charge on any atom is 0.195 e. The SMILES string of the molecule is CC(C)C(O)(O)c1cnn(C)c1. The molecule has 1 aromatic heterocycles. The second-order valence-electron chi connectivity index (χ2n) is 3.28. The third kappa shape index (κ3) is 1.49. The molecule has 0 atom stereocenters. The Bertz CT molecular complexity index is 266. The summed E-state index contributed by atoms with van der Waals surface area (Å²) < 4.78 is 1.54. The van der Waals surface area contributed by atoms with Crippen molar-refractivity contribution >= 4 is 0 Å². The van der Waals surface area contributed by atoms with Crippen LogP contribution in [0.4, 0.5) is 0 Å². The van der Waals surface area contributed by atoms with Crippen molar-refractivity contribution in [3.63, 3.8) is 0 Å². The Labute approximate surface area is 71.5 Å². The molecule has 0 spiro atoms. The van der Waals surface area contributed by atoms with E-state index in [0.717, 1.165) is 0 Å². The molecule has 0 saturated carbocycles. The molecule has 1 heterocycles. The first kappa shape index (κ1) is 9.22. The van der Waals surface area contributed by atoms with Crippen molar-refractivity contribution in [3.8, 4) is 0 Å². The maximum absolute atomic E-state index is 9.58. The third-order valence-corrected chi connectivity index (χ3v) is 1.93. The molecule has 0 aliphatic rings. The third-order valence-electron chi connectivity index (χ3n) is 1.93. The molecule has 0 saturated heterocycles. The first-order chi connectivity index (χ1) is 5.44. The van der Waals surface area contributed by atoms with Crippen LogP contribution in [0.2, 0.25) is 0 Å². The molecular weight excluding hydrogens is 156 g/mol. The number of rotatable bonds is 2. The van der Waals surface area contributed by atoms with E-state index >= 15 is 0 Å². The van der Waals surface area contributed by atoms with Gasteiger partial charge in [0.1, 0.15) is 0 Å². The van der Waals surface area contributed by atoms with Gasteiger partial charge in [0, 0.05) is 24.7 Å². The van der Waals surface area contributed by atoms with Crippen LogP contribution in [0, 0.1) is 5.92 Å². The minimum atomic E-state index is -1.77. The van der Waals surface area contributed by atoms with Gasteiger partial charge in [0.15, 0.2) is 5.79 Å². The standard InChI is InChI=1S/C8H14N2O2/c1-6(2)8(11,12)7-4-9-10(3)5-7/h4-6,11-12H,1-3H3. The van der Waals surface area contributed by atoms with Gasteiger partial charge >= 0.3 is 0 Å². The zero-order chi connectivity index (χ0) is 9.35. The zero-order valence-corrected chi connectivity index (χ0v) is 7.52. The fraction of sp³-hybridized carbons (Fsp3) is 0.625. The van der Waals surface area contributed by atoms with Crippen molar-refractivity contribution in [2.75, 3.05) is 0 Å². The Balaban J connectivity index is 2.97. The molecule has 68 valence electrons. The second kappa shape index (κ2) is 2.88.